The number of benzene rings is 2. The second kappa shape index (κ2) is 7.62. The number of methoxy groups -OCH3 is 1. The summed E-state index contributed by atoms with van der Waals surface area (Å²) in [5.74, 6) is 0.858. The Morgan fingerprint density at radius 2 is 1.89 bits per heavy atom. The predicted octanol–water partition coefficient (Wildman–Crippen LogP) is 3.10. The van der Waals surface area contributed by atoms with Crippen molar-refractivity contribution in [3.63, 3.8) is 0 Å². The van der Waals surface area contributed by atoms with Gasteiger partial charge in [-0.05, 0) is 41.6 Å². The van der Waals surface area contributed by atoms with E-state index in [1.165, 1.54) is 24.0 Å². The number of tetrazole rings is 1. The van der Waals surface area contributed by atoms with Crippen molar-refractivity contribution in [1.29, 1.82) is 0 Å². The average Bonchev–Trinajstić information content (AvgIpc) is 3.10. The lowest BCUT2D eigenvalue weighted by Crippen LogP contribution is -2.06. The van der Waals surface area contributed by atoms with E-state index in [-0.39, 0.29) is 13.2 Å². The number of rotatable bonds is 6. The molecule has 1 heterocycles. The molecule has 2 aromatic carbocycles. The third-order valence-electron chi connectivity index (χ3n) is 3.71. The average molecular weight is 379 g/mol. The molecule has 3 rings (SSSR count). The van der Waals surface area contributed by atoms with Crippen LogP contribution < -0.4 is 10.1 Å². The van der Waals surface area contributed by atoms with Gasteiger partial charge in [0.15, 0.2) is 0 Å². The lowest BCUT2D eigenvalue weighted by Gasteiger charge is -2.13. The van der Waals surface area contributed by atoms with Crippen LogP contribution >= 0.6 is 0 Å². The maximum atomic E-state index is 12.7. The molecule has 0 unspecified atom stereocenters. The SMILES string of the molecule is COc1ccc(-c2nnn(CCO)n2)c(Nc2ccc(C(F)(F)F)cc2)c1. The molecule has 0 spiro atoms. The monoisotopic (exact) mass is 379 g/mol. The molecule has 0 aliphatic carbocycles. The molecule has 0 aliphatic heterocycles. The molecule has 0 bridgehead atoms. The molecule has 0 fully saturated rings. The van der Waals surface area contributed by atoms with Crippen LogP contribution in [0.4, 0.5) is 24.5 Å². The van der Waals surface area contributed by atoms with Crippen LogP contribution in [0.15, 0.2) is 42.5 Å². The predicted molar refractivity (Wildman–Crippen MR) is 91.6 cm³/mol. The van der Waals surface area contributed by atoms with Crippen molar-refractivity contribution in [3.8, 4) is 17.1 Å². The van der Waals surface area contributed by atoms with Crippen LogP contribution in [0.2, 0.25) is 0 Å². The summed E-state index contributed by atoms with van der Waals surface area (Å²) in [6, 6.07) is 9.77. The molecule has 10 heteroatoms. The van der Waals surface area contributed by atoms with Gasteiger partial charge in [-0.3, -0.25) is 0 Å². The van der Waals surface area contributed by atoms with E-state index in [9.17, 15) is 13.2 Å². The topological polar surface area (TPSA) is 85.1 Å². The van der Waals surface area contributed by atoms with Crippen LogP contribution in [0.1, 0.15) is 5.56 Å². The Bertz CT molecular complexity index is 910. The molecule has 0 saturated heterocycles. The van der Waals surface area contributed by atoms with Gasteiger partial charge in [-0.25, -0.2) is 0 Å². The van der Waals surface area contributed by atoms with Crippen LogP contribution in [0.3, 0.4) is 0 Å². The summed E-state index contributed by atoms with van der Waals surface area (Å²) in [6.07, 6.45) is -4.39. The number of aliphatic hydroxyl groups is 1. The van der Waals surface area contributed by atoms with Gasteiger partial charge >= 0.3 is 6.18 Å². The zero-order chi connectivity index (χ0) is 19.4. The van der Waals surface area contributed by atoms with Crippen LogP contribution in [0.5, 0.6) is 5.75 Å². The van der Waals surface area contributed by atoms with E-state index in [1.54, 1.807) is 18.2 Å². The van der Waals surface area contributed by atoms with E-state index < -0.39 is 11.7 Å². The largest absolute Gasteiger partial charge is 0.497 e. The van der Waals surface area contributed by atoms with Gasteiger partial charge < -0.3 is 15.2 Å². The number of aromatic nitrogens is 4. The summed E-state index contributed by atoms with van der Waals surface area (Å²) in [5.41, 5.74) is 0.852. The molecule has 7 nitrogen and oxygen atoms in total. The molecule has 3 aromatic rings. The summed E-state index contributed by atoms with van der Waals surface area (Å²) < 4.78 is 43.4. The Morgan fingerprint density at radius 1 is 1.15 bits per heavy atom. The normalized spacial score (nSPS) is 11.4. The van der Waals surface area contributed by atoms with Crippen LogP contribution in [0.25, 0.3) is 11.4 Å². The van der Waals surface area contributed by atoms with Crippen LogP contribution in [-0.2, 0) is 12.7 Å². The van der Waals surface area contributed by atoms with Gasteiger partial charge in [0, 0.05) is 17.3 Å². The minimum absolute atomic E-state index is 0.130. The van der Waals surface area contributed by atoms with Gasteiger partial charge in [-0.2, -0.15) is 18.0 Å². The minimum Gasteiger partial charge on any atom is -0.497 e. The molecule has 142 valence electrons. The lowest BCUT2D eigenvalue weighted by molar-refractivity contribution is -0.137. The standard InChI is InChI=1S/C17H16F3N5O2/c1-27-13-6-7-14(16-22-24-25(23-16)8-9-26)15(10-13)21-12-4-2-11(3-5-12)17(18,19)20/h2-7,10,21,26H,8-9H2,1H3. The quantitative estimate of drug-likeness (QED) is 0.685. The van der Waals surface area contributed by atoms with E-state index >= 15 is 0 Å². The van der Waals surface area contributed by atoms with Crippen LogP contribution in [-0.4, -0.2) is 39.0 Å². The first-order valence-electron chi connectivity index (χ1n) is 7.92. The number of halogens is 3. The molecule has 0 amide bonds. The molecule has 1 aromatic heterocycles. The molecule has 0 saturated carbocycles. The second-order valence-electron chi connectivity index (χ2n) is 5.54. The number of alkyl halides is 3. The van der Waals surface area contributed by atoms with Gasteiger partial charge in [0.2, 0.25) is 5.82 Å². The number of aliphatic hydroxyl groups excluding tert-OH is 1. The van der Waals surface area contributed by atoms with Crippen molar-refractivity contribution in [2.45, 2.75) is 12.7 Å². The Balaban J connectivity index is 1.93. The smallest absolute Gasteiger partial charge is 0.416 e. The Kier molecular flexibility index (Phi) is 5.26. The van der Waals surface area contributed by atoms with Gasteiger partial charge in [0.25, 0.3) is 0 Å². The molecule has 0 atom stereocenters. The fourth-order valence-corrected chi connectivity index (χ4v) is 2.38. The zero-order valence-electron chi connectivity index (χ0n) is 14.2. The second-order valence-corrected chi connectivity index (χ2v) is 5.54. The van der Waals surface area contributed by atoms with Crippen molar-refractivity contribution in [2.24, 2.45) is 0 Å². The van der Waals surface area contributed by atoms with Crippen molar-refractivity contribution < 1.29 is 23.0 Å². The molecular formula is C17H16F3N5O2. The summed E-state index contributed by atoms with van der Waals surface area (Å²) in [6.45, 7) is 0.0693. The zero-order valence-corrected chi connectivity index (χ0v) is 14.2. The van der Waals surface area contributed by atoms with Crippen molar-refractivity contribution in [3.05, 3.63) is 48.0 Å². The number of hydrogen-bond acceptors (Lipinski definition) is 6. The Hall–Kier alpha value is -3.14. The fraction of sp³-hybridized carbons (Fsp3) is 0.235. The van der Waals surface area contributed by atoms with Crippen molar-refractivity contribution >= 4 is 11.4 Å². The molecule has 0 radical (unpaired) electrons. The maximum absolute atomic E-state index is 12.7. The third kappa shape index (κ3) is 4.34. The summed E-state index contributed by atoms with van der Waals surface area (Å²) in [4.78, 5) is 1.25. The first-order valence-corrected chi connectivity index (χ1v) is 7.92. The maximum Gasteiger partial charge on any atom is 0.416 e. The van der Waals surface area contributed by atoms with Gasteiger partial charge in [-0.1, -0.05) is 0 Å². The number of nitrogens with zero attached hydrogens (tertiary/aromatic N) is 4. The summed E-state index contributed by atoms with van der Waals surface area (Å²) >= 11 is 0. The van der Waals surface area contributed by atoms with E-state index in [4.69, 9.17) is 9.84 Å². The van der Waals surface area contributed by atoms with Gasteiger partial charge in [0.05, 0.1) is 31.5 Å². The number of anilines is 2. The highest BCUT2D eigenvalue weighted by molar-refractivity contribution is 5.78. The highest BCUT2D eigenvalue weighted by Gasteiger charge is 2.30. The van der Waals surface area contributed by atoms with E-state index in [2.05, 4.69) is 20.7 Å². The fourth-order valence-electron chi connectivity index (χ4n) is 2.38. The number of hydrogen-bond donors (Lipinski definition) is 2. The van der Waals surface area contributed by atoms with Crippen molar-refractivity contribution in [2.75, 3.05) is 19.0 Å². The third-order valence-corrected chi connectivity index (χ3v) is 3.71. The highest BCUT2D eigenvalue weighted by atomic mass is 19.4. The lowest BCUT2D eigenvalue weighted by atomic mass is 10.1. The Morgan fingerprint density at radius 3 is 2.52 bits per heavy atom. The van der Waals surface area contributed by atoms with Gasteiger partial charge in [0.1, 0.15) is 5.75 Å². The summed E-state index contributed by atoms with van der Waals surface area (Å²) in [5, 5.41) is 24.0. The molecular weight excluding hydrogens is 363 g/mol. The molecule has 0 aliphatic rings. The first-order chi connectivity index (χ1) is 12.9. The van der Waals surface area contributed by atoms with Crippen LogP contribution in [0, 0.1) is 0 Å². The number of nitrogens with one attached hydrogen (secondary N) is 1. The Labute approximate surface area is 152 Å². The molecule has 27 heavy (non-hydrogen) atoms. The first kappa shape index (κ1) is 18.6. The highest BCUT2D eigenvalue weighted by Crippen LogP contribution is 2.33. The van der Waals surface area contributed by atoms with Crippen molar-refractivity contribution in [1.82, 2.24) is 20.2 Å². The summed E-state index contributed by atoms with van der Waals surface area (Å²) in [7, 11) is 1.51. The van der Waals surface area contributed by atoms with E-state index in [0.717, 1.165) is 12.1 Å². The molecule has 2 N–H and O–H groups in total. The van der Waals surface area contributed by atoms with E-state index in [1.807, 2.05) is 0 Å². The number of ether oxygens (including phenoxy) is 1. The minimum atomic E-state index is -4.39. The van der Waals surface area contributed by atoms with Gasteiger partial charge in [-0.15, -0.1) is 10.2 Å². The van der Waals surface area contributed by atoms with E-state index in [0.29, 0.717) is 28.5 Å².